The lowest BCUT2D eigenvalue weighted by molar-refractivity contribution is -0.164. The summed E-state index contributed by atoms with van der Waals surface area (Å²) in [6.45, 7) is 23.8. The third-order valence-corrected chi connectivity index (χ3v) is 21.9. The Hall–Kier alpha value is -2.00. The number of carbonyl (C=O) groups is 1. The number of ketones is 1. The highest BCUT2D eigenvalue weighted by atomic mass is 28.4. The maximum Gasteiger partial charge on any atom is 0.261 e. The lowest BCUT2D eigenvalue weighted by Gasteiger charge is -2.43. The maximum atomic E-state index is 13.9. The van der Waals surface area contributed by atoms with E-state index in [0.717, 1.165) is 30.1 Å². The van der Waals surface area contributed by atoms with Crippen molar-refractivity contribution in [2.75, 3.05) is 26.4 Å². The summed E-state index contributed by atoms with van der Waals surface area (Å²) in [5.41, 5.74) is 1.11. The molecule has 3 aliphatic heterocycles. The number of ether oxygens (including phenoxy) is 5. The van der Waals surface area contributed by atoms with E-state index in [0.29, 0.717) is 52.1 Å². The molecule has 0 aromatic heterocycles. The molecule has 306 valence electrons. The zero-order chi connectivity index (χ0) is 39.9. The van der Waals surface area contributed by atoms with Gasteiger partial charge in [0.15, 0.2) is 19.9 Å². The number of hydrogen-bond donors (Lipinski definition) is 0. The Labute approximate surface area is 334 Å². The van der Waals surface area contributed by atoms with Crippen LogP contribution in [-0.4, -0.2) is 84.8 Å². The topological polar surface area (TPSA) is 81.7 Å². The molecule has 3 heterocycles. The summed E-state index contributed by atoms with van der Waals surface area (Å²) >= 11 is 0. The molecule has 0 saturated carbocycles. The summed E-state index contributed by atoms with van der Waals surface area (Å²) in [6, 6.07) is 24.7. The summed E-state index contributed by atoms with van der Waals surface area (Å²) in [4.78, 5) is 13.9. The van der Waals surface area contributed by atoms with Gasteiger partial charge in [-0.3, -0.25) is 4.79 Å². The van der Waals surface area contributed by atoms with Crippen LogP contribution < -0.4 is 10.4 Å². The zero-order valence-corrected chi connectivity index (χ0v) is 37.5. The van der Waals surface area contributed by atoms with E-state index in [1.165, 1.54) is 10.4 Å². The van der Waals surface area contributed by atoms with Crippen LogP contribution in [0.15, 0.2) is 72.3 Å². The number of hydrogen-bond acceptors (Lipinski definition) is 8. The van der Waals surface area contributed by atoms with Gasteiger partial charge in [-0.2, -0.15) is 0 Å². The normalized spacial score (nSPS) is 25.0. The molecule has 0 radical (unpaired) electrons. The Balaban J connectivity index is 1.29. The molecule has 0 N–H and O–H groups in total. The number of benzene rings is 2. The van der Waals surface area contributed by atoms with E-state index >= 15 is 0 Å². The van der Waals surface area contributed by atoms with Crippen LogP contribution in [0.4, 0.5) is 0 Å². The monoisotopic (exact) mass is 794 g/mol. The molecule has 5 atom stereocenters. The molecular weight excluding hydrogens is 725 g/mol. The molecule has 0 aliphatic carbocycles. The fourth-order valence-electron chi connectivity index (χ4n) is 9.01. The van der Waals surface area contributed by atoms with Crippen molar-refractivity contribution in [1.29, 1.82) is 0 Å². The van der Waals surface area contributed by atoms with Crippen molar-refractivity contribution in [3.8, 4) is 0 Å². The molecule has 3 aliphatic rings. The average Bonchev–Trinajstić information content (AvgIpc) is 3.88. The van der Waals surface area contributed by atoms with Gasteiger partial charge in [0, 0.05) is 31.6 Å². The van der Waals surface area contributed by atoms with Crippen LogP contribution in [0.2, 0.25) is 23.2 Å². The van der Waals surface area contributed by atoms with Gasteiger partial charge in [0.05, 0.1) is 44.7 Å². The molecule has 0 amide bonds. The average molecular weight is 795 g/mol. The van der Waals surface area contributed by atoms with E-state index in [1.807, 2.05) is 20.8 Å². The summed E-state index contributed by atoms with van der Waals surface area (Å²) in [7, 11) is -4.70. The minimum atomic E-state index is -2.75. The van der Waals surface area contributed by atoms with Crippen molar-refractivity contribution in [1.82, 2.24) is 0 Å². The van der Waals surface area contributed by atoms with Crippen LogP contribution in [0.1, 0.15) is 101 Å². The molecule has 3 saturated heterocycles. The largest absolute Gasteiger partial charge is 0.411 e. The van der Waals surface area contributed by atoms with Crippen molar-refractivity contribution in [3.05, 3.63) is 72.3 Å². The molecule has 0 bridgehead atoms. The summed E-state index contributed by atoms with van der Waals surface area (Å²) in [6.07, 6.45) is 4.46. The van der Waals surface area contributed by atoms with E-state index in [-0.39, 0.29) is 41.2 Å². The van der Waals surface area contributed by atoms with Gasteiger partial charge in [0.2, 0.25) is 0 Å². The fourth-order valence-corrected chi connectivity index (χ4v) is 16.5. The van der Waals surface area contributed by atoms with E-state index < -0.39 is 28.2 Å². The van der Waals surface area contributed by atoms with Gasteiger partial charge in [0.1, 0.15) is 11.9 Å². The van der Waals surface area contributed by atoms with Gasteiger partial charge in [-0.15, -0.1) is 0 Å². The SMILES string of the molecule is CC[Si](CC)(CC)O[C@@H]1C[C@@H](CO[Si](c2ccccc2)(c2ccccc2)C(C)(C)C)O[C@@H]1C[C@@H](C)C(=O)CCC1(C/C(C)=C/[C@H]2COC(C)(C)O2)OCCO1. The van der Waals surface area contributed by atoms with Crippen molar-refractivity contribution >= 4 is 32.8 Å². The van der Waals surface area contributed by atoms with E-state index in [9.17, 15) is 4.79 Å². The van der Waals surface area contributed by atoms with Gasteiger partial charge in [-0.05, 0) is 60.7 Å². The highest BCUT2D eigenvalue weighted by Gasteiger charge is 2.51. The lowest BCUT2D eigenvalue weighted by atomic mass is 9.91. The van der Waals surface area contributed by atoms with Gasteiger partial charge < -0.3 is 32.5 Å². The van der Waals surface area contributed by atoms with Crippen LogP contribution in [0.3, 0.4) is 0 Å². The second-order valence-electron chi connectivity index (χ2n) is 17.7. The maximum absolute atomic E-state index is 13.9. The van der Waals surface area contributed by atoms with Crippen molar-refractivity contribution in [2.45, 2.75) is 161 Å². The molecule has 0 spiro atoms. The number of rotatable bonds is 19. The molecule has 2 aromatic rings. The fraction of sp³-hybridized carbons (Fsp3) is 0.667. The first-order chi connectivity index (χ1) is 26.1. The third kappa shape index (κ3) is 10.7. The Kier molecular flexibility index (Phi) is 15.0. The van der Waals surface area contributed by atoms with Crippen LogP contribution in [0, 0.1) is 5.92 Å². The molecule has 0 unspecified atom stereocenters. The standard InChI is InChI=1S/C45H70O8Si2/c1-11-54(12-2,13-3)53-42-30-36(33-50-55(43(6,7)8,38-20-16-14-17-21-38)39-22-18-15-19-23-39)51-41(42)29-35(5)40(46)24-25-45(47-26-27-48-45)31-34(4)28-37-32-49-44(9,10)52-37/h14-23,28,35-37,41-42H,11-13,24-27,29-33H2,1-10H3/b34-28+/t35-,36+,37+,41-,42-/m1/s1. The first-order valence-corrected chi connectivity index (χ1v) is 25.4. The summed E-state index contributed by atoms with van der Waals surface area (Å²) < 4.78 is 45.7. The van der Waals surface area contributed by atoms with Crippen LogP contribution in [-0.2, 0) is 37.3 Å². The lowest BCUT2D eigenvalue weighted by Crippen LogP contribution is -2.67. The quantitative estimate of drug-likeness (QED) is 0.103. The van der Waals surface area contributed by atoms with E-state index in [2.05, 4.69) is 115 Å². The smallest absolute Gasteiger partial charge is 0.261 e. The Morgan fingerprint density at radius 2 is 1.51 bits per heavy atom. The van der Waals surface area contributed by atoms with Crippen molar-refractivity contribution in [3.63, 3.8) is 0 Å². The second-order valence-corrected chi connectivity index (χ2v) is 26.7. The Morgan fingerprint density at radius 1 is 0.927 bits per heavy atom. The molecule has 55 heavy (non-hydrogen) atoms. The van der Waals surface area contributed by atoms with Crippen LogP contribution in [0.25, 0.3) is 0 Å². The first-order valence-electron chi connectivity index (χ1n) is 21.0. The first kappa shape index (κ1) is 44.1. The van der Waals surface area contributed by atoms with E-state index in [4.69, 9.17) is 32.5 Å². The Bertz CT molecular complexity index is 1480. The number of Topliss-reactive ketones (excluding diaryl/α,β-unsaturated/α-hetero) is 1. The minimum absolute atomic E-state index is 0.0677. The summed E-state index contributed by atoms with van der Waals surface area (Å²) in [5.74, 6) is -1.39. The molecule has 2 aromatic carbocycles. The third-order valence-electron chi connectivity index (χ3n) is 12.3. The molecule has 8 nitrogen and oxygen atoms in total. The van der Waals surface area contributed by atoms with Gasteiger partial charge in [0.25, 0.3) is 8.32 Å². The van der Waals surface area contributed by atoms with Crippen LogP contribution in [0.5, 0.6) is 0 Å². The molecule has 3 fully saturated rings. The van der Waals surface area contributed by atoms with Crippen LogP contribution >= 0.6 is 0 Å². The predicted molar refractivity (Wildman–Crippen MR) is 225 cm³/mol. The van der Waals surface area contributed by atoms with E-state index in [1.54, 1.807) is 0 Å². The number of carbonyl (C=O) groups excluding carboxylic acids is 1. The molecule has 10 heteroatoms. The van der Waals surface area contributed by atoms with Gasteiger partial charge in [-0.1, -0.05) is 121 Å². The van der Waals surface area contributed by atoms with Gasteiger partial charge >= 0.3 is 0 Å². The van der Waals surface area contributed by atoms with Crippen molar-refractivity contribution in [2.24, 2.45) is 5.92 Å². The van der Waals surface area contributed by atoms with Crippen molar-refractivity contribution < 1.29 is 37.3 Å². The highest BCUT2D eigenvalue weighted by Crippen LogP contribution is 2.40. The summed E-state index contributed by atoms with van der Waals surface area (Å²) in [5, 5.41) is 2.38. The Morgan fingerprint density at radius 3 is 2.02 bits per heavy atom. The minimum Gasteiger partial charge on any atom is -0.411 e. The molecule has 5 rings (SSSR count). The highest BCUT2D eigenvalue weighted by molar-refractivity contribution is 6.99. The van der Waals surface area contributed by atoms with Gasteiger partial charge in [-0.25, -0.2) is 0 Å². The molecular formula is C45H70O8Si2. The zero-order valence-electron chi connectivity index (χ0n) is 35.5. The predicted octanol–water partition coefficient (Wildman–Crippen LogP) is 8.72. The second kappa shape index (κ2) is 18.7.